The number of aliphatic carboxylic acids is 1. The van der Waals surface area contributed by atoms with E-state index in [0.717, 1.165) is 6.08 Å². The van der Waals surface area contributed by atoms with Crippen LogP contribution in [0.25, 0.3) is 6.08 Å². The van der Waals surface area contributed by atoms with Crippen molar-refractivity contribution in [2.45, 2.75) is 0 Å². The molecule has 86 valence electrons. The lowest BCUT2D eigenvalue weighted by molar-refractivity contribution is -0.131. The van der Waals surface area contributed by atoms with Gasteiger partial charge in [0.25, 0.3) is 7.37 Å². The van der Waals surface area contributed by atoms with Gasteiger partial charge < -0.3 is 15.1 Å². The van der Waals surface area contributed by atoms with Crippen molar-refractivity contribution in [2.75, 3.05) is 6.35 Å². The lowest BCUT2D eigenvalue weighted by Gasteiger charge is -2.07. The summed E-state index contributed by atoms with van der Waals surface area (Å²) in [4.78, 5) is 19.5. The number of hydrogen-bond acceptors (Lipinski definition) is 3. The highest BCUT2D eigenvalue weighted by Gasteiger charge is 2.18. The largest absolute Gasteiger partial charge is 0.478 e. The molecule has 0 aromatic heterocycles. The molecule has 0 heterocycles. The van der Waals surface area contributed by atoms with E-state index in [-0.39, 0.29) is 5.30 Å². The molecule has 0 aliphatic rings. The van der Waals surface area contributed by atoms with Crippen molar-refractivity contribution < 1.29 is 24.5 Å². The van der Waals surface area contributed by atoms with Crippen LogP contribution in [0.2, 0.25) is 0 Å². The fourth-order valence-corrected chi connectivity index (χ4v) is 1.85. The van der Waals surface area contributed by atoms with E-state index >= 15 is 0 Å². The molecule has 1 unspecified atom stereocenters. The summed E-state index contributed by atoms with van der Waals surface area (Å²) in [5.74, 6) is -1.06. The average molecular weight is 242 g/mol. The molecule has 0 saturated heterocycles. The first kappa shape index (κ1) is 12.6. The molecule has 0 aliphatic carbocycles. The Labute approximate surface area is 92.1 Å². The van der Waals surface area contributed by atoms with Gasteiger partial charge in [0, 0.05) is 11.4 Å². The molecule has 3 N–H and O–H groups in total. The summed E-state index contributed by atoms with van der Waals surface area (Å²) in [6.45, 7) is 0. The highest BCUT2D eigenvalue weighted by molar-refractivity contribution is 7.65. The Bertz CT molecular complexity index is 449. The smallest absolute Gasteiger partial charge is 0.328 e. The molecule has 0 radical (unpaired) electrons. The Kier molecular flexibility index (Phi) is 4.01. The summed E-state index contributed by atoms with van der Waals surface area (Å²) in [5, 5.41) is 17.2. The Morgan fingerprint density at radius 2 is 1.88 bits per heavy atom. The van der Waals surface area contributed by atoms with Gasteiger partial charge in [-0.05, 0) is 23.8 Å². The highest BCUT2D eigenvalue weighted by atomic mass is 31.2. The predicted octanol–water partition coefficient (Wildman–Crippen LogP) is 0.630. The minimum atomic E-state index is -3.67. The van der Waals surface area contributed by atoms with Crippen LogP contribution in [-0.4, -0.2) is 27.4 Å². The van der Waals surface area contributed by atoms with E-state index in [1.807, 2.05) is 0 Å². The third kappa shape index (κ3) is 3.31. The number of benzene rings is 1. The number of carboxylic acid groups (broad SMARTS) is 1. The van der Waals surface area contributed by atoms with Crippen LogP contribution in [0.5, 0.6) is 0 Å². The third-order valence-electron chi connectivity index (χ3n) is 1.91. The van der Waals surface area contributed by atoms with Crippen LogP contribution in [0.15, 0.2) is 30.3 Å². The molecule has 0 bridgehead atoms. The topological polar surface area (TPSA) is 94.8 Å². The van der Waals surface area contributed by atoms with E-state index in [1.165, 1.54) is 30.3 Å². The third-order valence-corrected chi connectivity index (χ3v) is 3.40. The number of aliphatic hydroxyl groups excluding tert-OH is 1. The fraction of sp³-hybridized carbons (Fsp3) is 0.100. The zero-order valence-corrected chi connectivity index (χ0v) is 9.17. The van der Waals surface area contributed by atoms with Crippen molar-refractivity contribution in [3.8, 4) is 0 Å². The van der Waals surface area contributed by atoms with Gasteiger partial charge in [-0.1, -0.05) is 12.1 Å². The van der Waals surface area contributed by atoms with Gasteiger partial charge >= 0.3 is 5.97 Å². The highest BCUT2D eigenvalue weighted by Crippen LogP contribution is 2.37. The van der Waals surface area contributed by atoms with E-state index < -0.39 is 19.7 Å². The van der Waals surface area contributed by atoms with Gasteiger partial charge in [0.05, 0.1) is 0 Å². The van der Waals surface area contributed by atoms with Crippen molar-refractivity contribution in [2.24, 2.45) is 0 Å². The summed E-state index contributed by atoms with van der Waals surface area (Å²) >= 11 is 0. The quantitative estimate of drug-likeness (QED) is 0.531. The van der Waals surface area contributed by atoms with Gasteiger partial charge in [0.15, 0.2) is 0 Å². The summed E-state index contributed by atoms with van der Waals surface area (Å²) in [6, 6.07) is 5.79. The first-order valence-electron chi connectivity index (χ1n) is 4.40. The second kappa shape index (κ2) is 5.07. The van der Waals surface area contributed by atoms with E-state index in [0.29, 0.717) is 5.56 Å². The van der Waals surface area contributed by atoms with E-state index in [4.69, 9.17) is 10.2 Å². The van der Waals surface area contributed by atoms with Crippen LogP contribution < -0.4 is 5.30 Å². The SMILES string of the molecule is O=C(O)C=Cc1ccc(P(=O)(O)CO)cc1. The number of carbonyl (C=O) groups is 1. The molecule has 0 aliphatic heterocycles. The van der Waals surface area contributed by atoms with Gasteiger partial charge in [-0.2, -0.15) is 0 Å². The molecule has 0 saturated carbocycles. The number of aliphatic hydroxyl groups is 1. The Hall–Kier alpha value is -1.42. The lowest BCUT2D eigenvalue weighted by Crippen LogP contribution is -2.06. The average Bonchev–Trinajstić information content (AvgIpc) is 2.27. The van der Waals surface area contributed by atoms with E-state index in [9.17, 15) is 14.3 Å². The number of carboxylic acids is 1. The van der Waals surface area contributed by atoms with Crippen molar-refractivity contribution in [1.82, 2.24) is 0 Å². The molecule has 5 nitrogen and oxygen atoms in total. The Balaban J connectivity index is 2.92. The summed E-state index contributed by atoms with van der Waals surface area (Å²) in [6.07, 6.45) is 1.53. The molecule has 6 heteroatoms. The molecular formula is C10H11O5P. The second-order valence-electron chi connectivity index (χ2n) is 3.11. The van der Waals surface area contributed by atoms with Gasteiger partial charge in [-0.3, -0.25) is 4.57 Å². The van der Waals surface area contributed by atoms with Gasteiger partial charge in [-0.25, -0.2) is 4.79 Å². The number of hydrogen-bond donors (Lipinski definition) is 3. The van der Waals surface area contributed by atoms with Crippen LogP contribution >= 0.6 is 7.37 Å². The lowest BCUT2D eigenvalue weighted by atomic mass is 10.2. The van der Waals surface area contributed by atoms with Crippen molar-refractivity contribution in [3.05, 3.63) is 35.9 Å². The first-order chi connectivity index (χ1) is 7.45. The maximum atomic E-state index is 11.4. The van der Waals surface area contributed by atoms with Gasteiger partial charge in [0.2, 0.25) is 0 Å². The van der Waals surface area contributed by atoms with Crippen LogP contribution in [-0.2, 0) is 9.36 Å². The van der Waals surface area contributed by atoms with Crippen LogP contribution in [0.1, 0.15) is 5.56 Å². The summed E-state index contributed by atoms with van der Waals surface area (Å²) < 4.78 is 11.4. The molecule has 1 atom stereocenters. The van der Waals surface area contributed by atoms with Crippen molar-refractivity contribution in [3.63, 3.8) is 0 Å². The normalized spacial score (nSPS) is 14.9. The minimum Gasteiger partial charge on any atom is -0.478 e. The molecule has 1 rings (SSSR count). The van der Waals surface area contributed by atoms with E-state index in [1.54, 1.807) is 0 Å². The summed E-state index contributed by atoms with van der Waals surface area (Å²) in [7, 11) is -3.67. The first-order valence-corrected chi connectivity index (χ1v) is 6.24. The van der Waals surface area contributed by atoms with Crippen LogP contribution in [0, 0.1) is 0 Å². The maximum absolute atomic E-state index is 11.4. The molecule has 0 amide bonds. The minimum absolute atomic E-state index is 0.141. The molecule has 0 fully saturated rings. The standard InChI is InChI=1S/C10H11O5P/c11-7-16(14,15)9-4-1-8(2-5-9)3-6-10(12)13/h1-6,11H,7H2,(H,12,13)(H,14,15). The molecular weight excluding hydrogens is 231 g/mol. The fourth-order valence-electron chi connectivity index (χ4n) is 1.07. The zero-order valence-electron chi connectivity index (χ0n) is 8.28. The van der Waals surface area contributed by atoms with E-state index in [2.05, 4.69) is 0 Å². The predicted molar refractivity (Wildman–Crippen MR) is 59.7 cm³/mol. The van der Waals surface area contributed by atoms with Crippen molar-refractivity contribution >= 4 is 24.7 Å². The van der Waals surface area contributed by atoms with Gasteiger partial charge in [0.1, 0.15) is 6.35 Å². The number of rotatable bonds is 4. The molecule has 1 aromatic rings. The molecule has 0 spiro atoms. The second-order valence-corrected chi connectivity index (χ2v) is 5.31. The molecule has 16 heavy (non-hydrogen) atoms. The van der Waals surface area contributed by atoms with Crippen molar-refractivity contribution in [1.29, 1.82) is 0 Å². The monoisotopic (exact) mass is 242 g/mol. The Morgan fingerprint density at radius 3 is 2.31 bits per heavy atom. The molecule has 1 aromatic carbocycles. The summed E-state index contributed by atoms with van der Waals surface area (Å²) in [5.41, 5.74) is 0.601. The van der Waals surface area contributed by atoms with Crippen LogP contribution in [0.4, 0.5) is 0 Å². The zero-order chi connectivity index (χ0) is 12.2. The van der Waals surface area contributed by atoms with Gasteiger partial charge in [-0.15, -0.1) is 0 Å². The Morgan fingerprint density at radius 1 is 1.31 bits per heavy atom. The maximum Gasteiger partial charge on any atom is 0.328 e. The van der Waals surface area contributed by atoms with Crippen LogP contribution in [0.3, 0.4) is 0 Å².